The third-order valence-electron chi connectivity index (χ3n) is 6.48. The van der Waals surface area contributed by atoms with Crippen molar-refractivity contribution in [2.75, 3.05) is 6.79 Å². The van der Waals surface area contributed by atoms with Crippen LogP contribution in [0.5, 0.6) is 11.5 Å². The van der Waals surface area contributed by atoms with E-state index in [-0.39, 0.29) is 31.0 Å². The van der Waals surface area contributed by atoms with Crippen LogP contribution in [0.1, 0.15) is 68.9 Å². The number of hydrogen-bond acceptors (Lipinski definition) is 8. The summed E-state index contributed by atoms with van der Waals surface area (Å²) in [5, 5.41) is 0.969. The molecule has 0 bridgehead atoms. The van der Waals surface area contributed by atoms with Crippen molar-refractivity contribution in [1.29, 1.82) is 0 Å². The van der Waals surface area contributed by atoms with Gasteiger partial charge in [0.15, 0.2) is 11.5 Å². The van der Waals surface area contributed by atoms with Crippen molar-refractivity contribution >= 4 is 34.4 Å². The summed E-state index contributed by atoms with van der Waals surface area (Å²) >= 11 is 5.43. The van der Waals surface area contributed by atoms with Crippen LogP contribution < -0.4 is 15.0 Å². The lowest BCUT2D eigenvalue weighted by Crippen LogP contribution is -2.26. The SMILES string of the molecule is CC.CCCCc1c2c(nc3cc4c(cc13)OCO4)-c1cc(C(C)OC(=O)Cl)c(COC=O)c(=O)n1C2. The van der Waals surface area contributed by atoms with Gasteiger partial charge in [-0.2, -0.15) is 0 Å². The Bertz CT molecular complexity index is 1420. The second-order valence-corrected chi connectivity index (χ2v) is 8.81. The molecule has 9 nitrogen and oxygen atoms in total. The third kappa shape index (κ3) is 4.87. The van der Waals surface area contributed by atoms with Gasteiger partial charge in [-0.05, 0) is 37.5 Å². The smallest absolute Gasteiger partial charge is 0.404 e. The third-order valence-corrected chi connectivity index (χ3v) is 6.56. The van der Waals surface area contributed by atoms with Gasteiger partial charge in [0.2, 0.25) is 6.79 Å². The summed E-state index contributed by atoms with van der Waals surface area (Å²) in [6.07, 6.45) is 1.96. The quantitative estimate of drug-likeness (QED) is 0.214. The number of fused-ring (bicyclic) bond motifs is 5. The number of hydrogen-bond donors (Lipinski definition) is 0. The van der Waals surface area contributed by atoms with Gasteiger partial charge in [-0.1, -0.05) is 27.2 Å². The number of carbonyl (C=O) groups is 2. The number of aromatic nitrogens is 2. The molecule has 0 amide bonds. The molecular formula is C27H29ClN2O7. The molecular weight excluding hydrogens is 500 g/mol. The molecule has 3 aromatic rings. The van der Waals surface area contributed by atoms with Crippen LogP contribution in [0.3, 0.4) is 0 Å². The van der Waals surface area contributed by atoms with E-state index in [4.69, 9.17) is 35.5 Å². The van der Waals surface area contributed by atoms with Gasteiger partial charge in [0.25, 0.3) is 12.0 Å². The van der Waals surface area contributed by atoms with Crippen LogP contribution in [0.25, 0.3) is 22.3 Å². The van der Waals surface area contributed by atoms with Gasteiger partial charge in [-0.15, -0.1) is 0 Å². The summed E-state index contributed by atoms with van der Waals surface area (Å²) in [6.45, 7) is 8.25. The van der Waals surface area contributed by atoms with E-state index in [9.17, 15) is 14.4 Å². The number of unbranched alkanes of at least 4 members (excludes halogenated alkanes) is 1. The Balaban J connectivity index is 0.00000156. The van der Waals surface area contributed by atoms with Crippen molar-refractivity contribution in [3.05, 3.63) is 50.8 Å². The molecule has 196 valence electrons. The molecule has 0 saturated carbocycles. The number of nitrogens with zero attached hydrogens (tertiary/aromatic N) is 2. The first kappa shape index (κ1) is 26.5. The van der Waals surface area contributed by atoms with Crippen molar-refractivity contribution in [3.8, 4) is 22.9 Å². The Labute approximate surface area is 219 Å². The molecule has 1 unspecified atom stereocenters. The minimum absolute atomic E-state index is 0.167. The topological polar surface area (TPSA) is 106 Å². The first-order valence-electron chi connectivity index (χ1n) is 12.4. The summed E-state index contributed by atoms with van der Waals surface area (Å²) in [7, 11) is 0. The molecule has 0 fully saturated rings. The van der Waals surface area contributed by atoms with E-state index in [1.54, 1.807) is 17.6 Å². The zero-order chi connectivity index (χ0) is 26.7. The second kappa shape index (κ2) is 11.2. The molecule has 37 heavy (non-hydrogen) atoms. The number of pyridine rings is 2. The normalized spacial score (nSPS) is 13.3. The summed E-state index contributed by atoms with van der Waals surface area (Å²) in [4.78, 5) is 40.7. The molecule has 1 aromatic carbocycles. The Morgan fingerprint density at radius 1 is 1.22 bits per heavy atom. The van der Waals surface area contributed by atoms with Crippen LogP contribution in [-0.2, 0) is 33.8 Å². The minimum atomic E-state index is -0.997. The van der Waals surface area contributed by atoms with Crippen LogP contribution in [0.15, 0.2) is 23.0 Å². The lowest BCUT2D eigenvalue weighted by atomic mass is 9.95. The molecule has 1 atom stereocenters. The van der Waals surface area contributed by atoms with Gasteiger partial charge < -0.3 is 23.5 Å². The van der Waals surface area contributed by atoms with E-state index in [2.05, 4.69) is 6.92 Å². The van der Waals surface area contributed by atoms with Crippen LogP contribution in [0, 0.1) is 0 Å². The second-order valence-electron chi connectivity index (χ2n) is 8.50. The molecule has 0 saturated heterocycles. The molecule has 0 aliphatic carbocycles. The molecule has 0 spiro atoms. The highest BCUT2D eigenvalue weighted by Gasteiger charge is 2.30. The molecule has 2 aromatic heterocycles. The van der Waals surface area contributed by atoms with E-state index in [1.165, 1.54) is 0 Å². The zero-order valence-corrected chi connectivity index (χ0v) is 22.0. The first-order chi connectivity index (χ1) is 17.9. The maximum absolute atomic E-state index is 13.6. The van der Waals surface area contributed by atoms with E-state index in [1.807, 2.05) is 26.0 Å². The van der Waals surface area contributed by atoms with E-state index < -0.39 is 11.5 Å². The van der Waals surface area contributed by atoms with Crippen molar-refractivity contribution in [3.63, 3.8) is 0 Å². The Kier molecular flexibility index (Phi) is 8.02. The molecule has 0 N–H and O–H groups in total. The summed E-state index contributed by atoms with van der Waals surface area (Å²) in [6, 6.07) is 5.58. The Morgan fingerprint density at radius 3 is 2.62 bits per heavy atom. The standard InChI is InChI=1S/C25H23ClN2O7.C2H6/c1-3-4-5-14-16-7-21-22(34-12-33-21)8-19(16)27-23-17(14)9-28-20(23)6-15(13(2)35-25(26)31)18(24(28)30)10-32-11-29;1-2/h6-8,11,13H,3-5,9-10,12H2,1-2H3;1-2H3. The Hall–Kier alpha value is -3.59. The van der Waals surface area contributed by atoms with Gasteiger partial charge in [-0.25, -0.2) is 9.78 Å². The van der Waals surface area contributed by atoms with Crippen molar-refractivity contribution in [2.24, 2.45) is 0 Å². The average molecular weight is 529 g/mol. The van der Waals surface area contributed by atoms with Gasteiger partial charge in [-0.3, -0.25) is 9.59 Å². The van der Waals surface area contributed by atoms with Gasteiger partial charge in [0, 0.05) is 34.2 Å². The van der Waals surface area contributed by atoms with Crippen molar-refractivity contribution < 1.29 is 28.5 Å². The van der Waals surface area contributed by atoms with Crippen molar-refractivity contribution in [1.82, 2.24) is 9.55 Å². The zero-order valence-electron chi connectivity index (χ0n) is 21.3. The summed E-state index contributed by atoms with van der Waals surface area (Å²) < 4.78 is 22.8. The highest BCUT2D eigenvalue weighted by Crippen LogP contribution is 2.42. The molecule has 2 aliphatic rings. The molecule has 2 aliphatic heterocycles. The van der Waals surface area contributed by atoms with Crippen molar-refractivity contribution in [2.45, 2.75) is 66.2 Å². The van der Waals surface area contributed by atoms with Crippen LogP contribution in [0.2, 0.25) is 0 Å². The Morgan fingerprint density at radius 2 is 1.95 bits per heavy atom. The highest BCUT2D eigenvalue weighted by molar-refractivity contribution is 6.61. The summed E-state index contributed by atoms with van der Waals surface area (Å²) in [5.41, 5.74) is 3.40. The monoisotopic (exact) mass is 528 g/mol. The average Bonchev–Trinajstić information content (AvgIpc) is 3.49. The molecule has 5 rings (SSSR count). The first-order valence-corrected chi connectivity index (χ1v) is 12.7. The fourth-order valence-electron chi connectivity index (χ4n) is 4.83. The van der Waals surface area contributed by atoms with E-state index in [0.717, 1.165) is 41.3 Å². The molecule has 10 heteroatoms. The largest absolute Gasteiger partial charge is 0.463 e. The lowest BCUT2D eigenvalue weighted by molar-refractivity contribution is -0.129. The van der Waals surface area contributed by atoms with Crippen LogP contribution in [-0.4, -0.2) is 28.2 Å². The maximum Gasteiger partial charge on any atom is 0.404 e. The van der Waals surface area contributed by atoms with Crippen LogP contribution >= 0.6 is 11.6 Å². The number of aryl methyl sites for hydroxylation is 1. The number of benzene rings is 1. The minimum Gasteiger partial charge on any atom is -0.463 e. The van der Waals surface area contributed by atoms with Gasteiger partial charge in [0.1, 0.15) is 12.7 Å². The molecule has 0 radical (unpaired) electrons. The number of ether oxygens (including phenoxy) is 4. The molecule has 4 heterocycles. The van der Waals surface area contributed by atoms with E-state index in [0.29, 0.717) is 35.0 Å². The fourth-order valence-corrected chi connectivity index (χ4v) is 4.96. The number of carbonyl (C=O) groups excluding carboxylic acids is 2. The predicted molar refractivity (Wildman–Crippen MR) is 138 cm³/mol. The highest BCUT2D eigenvalue weighted by atomic mass is 35.5. The van der Waals surface area contributed by atoms with Gasteiger partial charge in [0.05, 0.1) is 29.0 Å². The maximum atomic E-state index is 13.6. The predicted octanol–water partition coefficient (Wildman–Crippen LogP) is 5.63. The number of rotatable bonds is 8. The fraction of sp³-hybridized carbons (Fsp3) is 0.407. The van der Waals surface area contributed by atoms with Crippen LogP contribution in [0.4, 0.5) is 4.79 Å². The summed E-state index contributed by atoms with van der Waals surface area (Å²) in [5.74, 6) is 1.31. The van der Waals surface area contributed by atoms with E-state index >= 15 is 0 Å². The van der Waals surface area contributed by atoms with Gasteiger partial charge >= 0.3 is 5.43 Å². The number of halogens is 1. The lowest BCUT2D eigenvalue weighted by Gasteiger charge is -2.17.